The number of fused-ring (bicyclic) bond motifs is 1. The Morgan fingerprint density at radius 1 is 0.727 bits per heavy atom. The molecule has 1 heterocycles. The van der Waals surface area contributed by atoms with Crippen molar-refractivity contribution in [1.29, 1.82) is 0 Å². The van der Waals surface area contributed by atoms with Crippen molar-refractivity contribution in [2.45, 2.75) is 24.2 Å². The highest BCUT2D eigenvalue weighted by atomic mass is 32.2. The lowest BCUT2D eigenvalue weighted by Crippen LogP contribution is -2.42. The molecule has 0 unspecified atom stereocenters. The Morgan fingerprint density at radius 2 is 1.33 bits per heavy atom. The molecule has 0 bridgehead atoms. The highest BCUT2D eigenvalue weighted by molar-refractivity contribution is 7.89. The monoisotopic (exact) mass is 456 g/mol. The Kier molecular flexibility index (Phi) is 5.86. The first-order valence-electron chi connectivity index (χ1n) is 10.8. The predicted octanol–water partition coefficient (Wildman–Crippen LogP) is 5.58. The maximum absolute atomic E-state index is 13.7. The second kappa shape index (κ2) is 9.10. The Morgan fingerprint density at radius 3 is 2.09 bits per heavy atom. The molecule has 33 heavy (non-hydrogen) atoms. The van der Waals surface area contributed by atoms with E-state index in [9.17, 15) is 8.42 Å². The van der Waals surface area contributed by atoms with Gasteiger partial charge in [0.1, 0.15) is 23.4 Å². The van der Waals surface area contributed by atoms with Gasteiger partial charge in [-0.2, -0.15) is 4.31 Å². The summed E-state index contributed by atoms with van der Waals surface area (Å²) in [6.07, 6.45) is -0.614. The predicted molar refractivity (Wildman–Crippen MR) is 129 cm³/mol. The van der Waals surface area contributed by atoms with E-state index in [1.165, 1.54) is 4.31 Å². The summed E-state index contributed by atoms with van der Waals surface area (Å²) in [7, 11) is -3.75. The standard InChI is InChI=1S/C27H24N2O3S/c30-33(31)26-18-10-8-16-24(26)28-27(29(33)19-21-11-3-1-4-12-21)23-15-7-9-17-25(23)32-20-22-13-5-2-6-14-22/h1-18,27-28H,19-20H2/t27-/m0/s1. The molecule has 5 rings (SSSR count). The van der Waals surface area contributed by atoms with Crippen molar-refractivity contribution in [2.75, 3.05) is 5.32 Å². The second-order valence-corrected chi connectivity index (χ2v) is 9.75. The maximum atomic E-state index is 13.7. The summed E-state index contributed by atoms with van der Waals surface area (Å²) in [5.41, 5.74) is 3.31. The van der Waals surface area contributed by atoms with E-state index >= 15 is 0 Å². The first kappa shape index (κ1) is 21.2. The van der Waals surface area contributed by atoms with Gasteiger partial charge in [0.05, 0.1) is 5.69 Å². The van der Waals surface area contributed by atoms with Gasteiger partial charge in [0.25, 0.3) is 0 Å². The number of rotatable bonds is 6. The summed E-state index contributed by atoms with van der Waals surface area (Å²) in [5, 5.41) is 3.44. The van der Waals surface area contributed by atoms with Gasteiger partial charge in [0, 0.05) is 12.1 Å². The number of benzene rings is 4. The van der Waals surface area contributed by atoms with E-state index < -0.39 is 16.2 Å². The zero-order valence-electron chi connectivity index (χ0n) is 18.0. The van der Waals surface area contributed by atoms with Crippen LogP contribution in [0.5, 0.6) is 5.75 Å². The molecule has 0 aliphatic carbocycles. The number of hydrogen-bond donors (Lipinski definition) is 1. The molecule has 0 radical (unpaired) electrons. The number of ether oxygens (including phenoxy) is 1. The molecule has 1 atom stereocenters. The van der Waals surface area contributed by atoms with Crippen molar-refractivity contribution < 1.29 is 13.2 Å². The lowest BCUT2D eigenvalue weighted by atomic mass is 10.1. The first-order valence-corrected chi connectivity index (χ1v) is 12.2. The second-order valence-electron chi connectivity index (χ2n) is 7.89. The summed E-state index contributed by atoms with van der Waals surface area (Å²) < 4.78 is 35.1. The molecule has 0 spiro atoms. The van der Waals surface area contributed by atoms with Gasteiger partial charge in [-0.3, -0.25) is 0 Å². The van der Waals surface area contributed by atoms with Crippen LogP contribution in [-0.2, 0) is 23.2 Å². The van der Waals surface area contributed by atoms with Gasteiger partial charge in [-0.05, 0) is 29.3 Å². The van der Waals surface area contributed by atoms with Crippen LogP contribution in [0.4, 0.5) is 5.69 Å². The van der Waals surface area contributed by atoms with Crippen molar-refractivity contribution in [1.82, 2.24) is 4.31 Å². The van der Waals surface area contributed by atoms with Crippen molar-refractivity contribution in [3.05, 3.63) is 126 Å². The minimum absolute atomic E-state index is 0.238. The van der Waals surface area contributed by atoms with Gasteiger partial charge < -0.3 is 10.1 Å². The van der Waals surface area contributed by atoms with Crippen LogP contribution < -0.4 is 10.1 Å². The number of anilines is 1. The number of sulfonamides is 1. The Labute approximate surface area is 194 Å². The number of nitrogens with zero attached hydrogens (tertiary/aromatic N) is 1. The summed E-state index contributed by atoms with van der Waals surface area (Å²) in [5.74, 6) is 0.645. The number of nitrogens with one attached hydrogen (secondary N) is 1. The van der Waals surface area contributed by atoms with E-state index in [0.29, 0.717) is 18.0 Å². The Hall–Kier alpha value is -3.61. The van der Waals surface area contributed by atoms with Crippen LogP contribution in [0.25, 0.3) is 0 Å². The molecule has 0 amide bonds. The molecule has 6 heteroatoms. The average Bonchev–Trinajstić information content (AvgIpc) is 2.86. The van der Waals surface area contributed by atoms with Crippen LogP contribution in [-0.4, -0.2) is 12.7 Å². The summed E-state index contributed by atoms with van der Waals surface area (Å²) >= 11 is 0. The highest BCUT2D eigenvalue weighted by Crippen LogP contribution is 2.41. The fourth-order valence-corrected chi connectivity index (χ4v) is 5.71. The number of hydrogen-bond acceptors (Lipinski definition) is 4. The fourth-order valence-electron chi connectivity index (χ4n) is 4.04. The molecule has 1 aliphatic heterocycles. The maximum Gasteiger partial charge on any atom is 0.247 e. The van der Waals surface area contributed by atoms with E-state index in [-0.39, 0.29) is 11.4 Å². The minimum Gasteiger partial charge on any atom is -0.488 e. The Bertz CT molecular complexity index is 1340. The van der Waals surface area contributed by atoms with Crippen molar-refractivity contribution in [2.24, 2.45) is 0 Å². The zero-order chi connectivity index (χ0) is 22.7. The molecule has 0 saturated carbocycles. The third kappa shape index (κ3) is 4.35. The highest BCUT2D eigenvalue weighted by Gasteiger charge is 2.39. The molecular formula is C27H24N2O3S. The van der Waals surface area contributed by atoms with Crippen molar-refractivity contribution in [3.8, 4) is 5.75 Å². The molecule has 0 fully saturated rings. The lowest BCUT2D eigenvalue weighted by molar-refractivity contribution is 0.285. The van der Waals surface area contributed by atoms with E-state index in [0.717, 1.165) is 16.7 Å². The van der Waals surface area contributed by atoms with E-state index in [1.54, 1.807) is 18.2 Å². The van der Waals surface area contributed by atoms with Crippen LogP contribution in [0.15, 0.2) is 114 Å². The van der Waals surface area contributed by atoms with Crippen LogP contribution >= 0.6 is 0 Å². The minimum atomic E-state index is -3.75. The Balaban J connectivity index is 1.55. The third-order valence-electron chi connectivity index (χ3n) is 5.69. The van der Waals surface area contributed by atoms with Crippen LogP contribution in [0.3, 0.4) is 0 Å². The van der Waals surface area contributed by atoms with Crippen LogP contribution in [0.2, 0.25) is 0 Å². The topological polar surface area (TPSA) is 58.6 Å². The number of para-hydroxylation sites is 2. The molecule has 1 aliphatic rings. The van der Waals surface area contributed by atoms with Gasteiger partial charge in [-0.25, -0.2) is 8.42 Å². The summed E-state index contributed by atoms with van der Waals surface area (Å²) in [6, 6.07) is 34.2. The van der Waals surface area contributed by atoms with Gasteiger partial charge >= 0.3 is 0 Å². The quantitative estimate of drug-likeness (QED) is 0.411. The smallest absolute Gasteiger partial charge is 0.247 e. The van der Waals surface area contributed by atoms with Crippen molar-refractivity contribution >= 4 is 15.7 Å². The summed E-state index contributed by atoms with van der Waals surface area (Å²) in [6.45, 7) is 0.634. The van der Waals surface area contributed by atoms with Gasteiger partial charge in [0.2, 0.25) is 10.0 Å². The molecule has 0 aromatic heterocycles. The normalized spacial score (nSPS) is 17.0. The first-order chi connectivity index (χ1) is 16.1. The largest absolute Gasteiger partial charge is 0.488 e. The molecule has 0 saturated heterocycles. The third-order valence-corrected chi connectivity index (χ3v) is 7.56. The van der Waals surface area contributed by atoms with Gasteiger partial charge in [0.15, 0.2) is 0 Å². The van der Waals surface area contributed by atoms with E-state index in [1.807, 2.05) is 91.0 Å². The van der Waals surface area contributed by atoms with Crippen LogP contribution in [0, 0.1) is 0 Å². The van der Waals surface area contributed by atoms with E-state index in [4.69, 9.17) is 4.74 Å². The zero-order valence-corrected chi connectivity index (χ0v) is 18.8. The molecule has 4 aromatic carbocycles. The van der Waals surface area contributed by atoms with Gasteiger partial charge in [-0.1, -0.05) is 91.0 Å². The average molecular weight is 457 g/mol. The van der Waals surface area contributed by atoms with Crippen LogP contribution in [0.1, 0.15) is 22.9 Å². The molecule has 4 aromatic rings. The molecular weight excluding hydrogens is 432 g/mol. The lowest BCUT2D eigenvalue weighted by Gasteiger charge is -2.38. The van der Waals surface area contributed by atoms with Gasteiger partial charge in [-0.15, -0.1) is 0 Å². The molecule has 1 N–H and O–H groups in total. The SMILES string of the molecule is O=S1(=O)c2ccccc2N[C@H](c2ccccc2OCc2ccccc2)N1Cc1ccccc1. The van der Waals surface area contributed by atoms with E-state index in [2.05, 4.69) is 5.32 Å². The molecule has 166 valence electrons. The summed E-state index contributed by atoms with van der Waals surface area (Å²) in [4.78, 5) is 0.278. The van der Waals surface area contributed by atoms with Crippen molar-refractivity contribution in [3.63, 3.8) is 0 Å². The molecule has 5 nitrogen and oxygen atoms in total. The fraction of sp³-hybridized carbons (Fsp3) is 0.111.